The van der Waals surface area contributed by atoms with E-state index in [2.05, 4.69) is 129 Å². The van der Waals surface area contributed by atoms with Crippen LogP contribution < -0.4 is 16.0 Å². The number of thiophene rings is 2. The minimum atomic E-state index is 0.0671. The molecule has 6 aromatic rings. The summed E-state index contributed by atoms with van der Waals surface area (Å²) in [6.07, 6.45) is 5.13. The summed E-state index contributed by atoms with van der Waals surface area (Å²) >= 11 is 6.92. The highest BCUT2D eigenvalue weighted by Gasteiger charge is 2.30. The van der Waals surface area contributed by atoms with Crippen LogP contribution >= 0.6 is 45.3 Å². The number of para-hydroxylation sites is 2. The van der Waals surface area contributed by atoms with E-state index in [4.69, 9.17) is 15.1 Å². The summed E-state index contributed by atoms with van der Waals surface area (Å²) in [5.74, 6) is 0.152. The Morgan fingerprint density at radius 1 is 0.692 bits per heavy atom. The van der Waals surface area contributed by atoms with E-state index in [0.717, 1.165) is 108 Å². The first-order chi connectivity index (χ1) is 31.3. The summed E-state index contributed by atoms with van der Waals surface area (Å²) in [5, 5.41) is 20.9. The third-order valence-electron chi connectivity index (χ3n) is 12.6. The van der Waals surface area contributed by atoms with Gasteiger partial charge in [-0.05, 0) is 110 Å². The number of carbonyl (C=O) groups is 2. The number of fused-ring (bicyclic) bond motifs is 4. The molecule has 2 aliphatic heterocycles. The van der Waals surface area contributed by atoms with Crippen molar-refractivity contribution in [3.63, 3.8) is 0 Å². The van der Waals surface area contributed by atoms with E-state index in [-0.39, 0.29) is 11.8 Å². The molecule has 0 bridgehead atoms. The molecule has 4 N–H and O–H groups in total. The van der Waals surface area contributed by atoms with E-state index in [1.807, 2.05) is 12.1 Å². The predicted octanol–water partition coefficient (Wildman–Crippen LogP) is 11.0. The maximum Gasteiger partial charge on any atom is 0.226 e. The highest BCUT2D eigenvalue weighted by molar-refractivity contribution is 7.23. The van der Waals surface area contributed by atoms with Crippen LogP contribution in [-0.4, -0.2) is 106 Å². The molecule has 352 valence electrons. The molecule has 2 atom stereocenters. The second-order valence-electron chi connectivity index (χ2n) is 17.6. The molecular formula is C50H70N8O3S4. The van der Waals surface area contributed by atoms with Gasteiger partial charge in [-0.2, -0.15) is 0 Å². The molecule has 0 spiro atoms. The molecule has 0 radical (unpaired) electrons. The number of aliphatic hydroxyl groups is 1. The number of thiazole rings is 2. The van der Waals surface area contributed by atoms with Crippen LogP contribution in [0.15, 0.2) is 48.5 Å². The van der Waals surface area contributed by atoms with Crippen LogP contribution in [0, 0.1) is 0 Å². The van der Waals surface area contributed by atoms with Gasteiger partial charge in [-0.15, -0.1) is 45.3 Å². The lowest BCUT2D eigenvalue weighted by Gasteiger charge is -2.30. The summed E-state index contributed by atoms with van der Waals surface area (Å²) in [4.78, 5) is 45.5. The first kappa shape index (κ1) is 50.8. The van der Waals surface area contributed by atoms with Gasteiger partial charge in [-0.25, -0.2) is 9.97 Å². The largest absolute Gasteiger partial charge is 0.400 e. The van der Waals surface area contributed by atoms with E-state index in [1.165, 1.54) is 30.3 Å². The molecule has 0 fully saturated rings. The van der Waals surface area contributed by atoms with Crippen LogP contribution in [0.1, 0.15) is 102 Å². The standard InChI is InChI=1S/C25H34N4OS2.C24H32N4OS2.CH4O/c1-6-17(4)28(5)13-12-22(30)27-25-23(24-26-19-9-7-8-10-20(19)31-24)18-11-14-29(16(2)3)15-21(18)32-25;1-5-16(4)25-12-10-21(29)27-24-22(23-26-18-8-6-7-9-19(18)30-23)17-11-13-28(15(2)3)14-20(17)31-24;1-2/h7-10,16-17H,6,11-15H2,1-5H3,(H,27,30);6-9,15-16,25H,5,10-14H2,1-4H3,(H,27,29);2H,1H3. The molecular weight excluding hydrogens is 889 g/mol. The van der Waals surface area contributed by atoms with E-state index in [9.17, 15) is 9.59 Å². The minimum Gasteiger partial charge on any atom is -0.400 e. The van der Waals surface area contributed by atoms with Gasteiger partial charge in [-0.3, -0.25) is 19.4 Å². The predicted molar refractivity (Wildman–Crippen MR) is 279 cm³/mol. The lowest BCUT2D eigenvalue weighted by atomic mass is 10.0. The quantitative estimate of drug-likeness (QED) is 0.0750. The van der Waals surface area contributed by atoms with Gasteiger partial charge in [0.1, 0.15) is 20.0 Å². The van der Waals surface area contributed by atoms with Crippen LogP contribution in [0.3, 0.4) is 0 Å². The smallest absolute Gasteiger partial charge is 0.226 e. The zero-order valence-corrected chi connectivity index (χ0v) is 43.3. The van der Waals surface area contributed by atoms with Crippen molar-refractivity contribution in [1.82, 2.24) is 30.0 Å². The molecule has 0 saturated heterocycles. The number of aliphatic hydroxyl groups excluding tert-OH is 1. The number of nitrogens with zero attached hydrogens (tertiary/aromatic N) is 5. The Hall–Kier alpha value is -3.64. The fourth-order valence-corrected chi connectivity index (χ4v) is 12.9. The summed E-state index contributed by atoms with van der Waals surface area (Å²) < 4.78 is 2.38. The maximum atomic E-state index is 12.9. The van der Waals surface area contributed by atoms with Crippen LogP contribution in [0.25, 0.3) is 41.6 Å². The van der Waals surface area contributed by atoms with Crippen LogP contribution in [0.5, 0.6) is 0 Å². The first-order valence-electron chi connectivity index (χ1n) is 23.3. The monoisotopic (exact) mass is 958 g/mol. The van der Waals surface area contributed by atoms with E-state index in [1.54, 1.807) is 45.3 Å². The molecule has 6 heterocycles. The molecule has 0 aliphatic carbocycles. The molecule has 2 unspecified atom stereocenters. The number of aromatic nitrogens is 2. The van der Waals surface area contributed by atoms with Crippen molar-refractivity contribution in [1.29, 1.82) is 0 Å². The van der Waals surface area contributed by atoms with Gasteiger partial charge in [0.25, 0.3) is 0 Å². The summed E-state index contributed by atoms with van der Waals surface area (Å²) in [6, 6.07) is 18.5. The average Bonchev–Trinajstić information content (AvgIpc) is 4.10. The van der Waals surface area contributed by atoms with Crippen molar-refractivity contribution in [3.05, 3.63) is 69.4 Å². The van der Waals surface area contributed by atoms with Crippen molar-refractivity contribution in [2.24, 2.45) is 0 Å². The zero-order valence-electron chi connectivity index (χ0n) is 40.0. The van der Waals surface area contributed by atoms with Crippen LogP contribution in [0.4, 0.5) is 10.0 Å². The Bertz CT molecular complexity index is 2420. The maximum absolute atomic E-state index is 12.9. The number of rotatable bonds is 16. The summed E-state index contributed by atoms with van der Waals surface area (Å²) in [7, 11) is 3.10. The summed E-state index contributed by atoms with van der Waals surface area (Å²) in [6.45, 7) is 23.1. The highest BCUT2D eigenvalue weighted by atomic mass is 32.1. The molecule has 2 aromatic carbocycles. The number of benzene rings is 2. The third-order valence-corrected chi connectivity index (χ3v) is 17.0. The van der Waals surface area contributed by atoms with Gasteiger partial charge < -0.3 is 26.0 Å². The fraction of sp³-hybridized carbons (Fsp3) is 0.520. The molecule has 2 aliphatic rings. The normalized spacial score (nSPS) is 15.0. The second-order valence-corrected chi connectivity index (χ2v) is 21.9. The van der Waals surface area contributed by atoms with Crippen molar-refractivity contribution < 1.29 is 14.7 Å². The van der Waals surface area contributed by atoms with Gasteiger partial charge in [0, 0.05) is 104 Å². The first-order valence-corrected chi connectivity index (χ1v) is 26.6. The Morgan fingerprint density at radius 2 is 1.15 bits per heavy atom. The van der Waals surface area contributed by atoms with Gasteiger partial charge in [0.15, 0.2) is 0 Å². The fourth-order valence-electron chi connectivity index (χ4n) is 8.08. The number of nitrogens with one attached hydrogen (secondary N) is 3. The lowest BCUT2D eigenvalue weighted by molar-refractivity contribution is -0.117. The number of anilines is 2. The van der Waals surface area contributed by atoms with Crippen molar-refractivity contribution in [3.8, 4) is 21.1 Å². The Labute approximate surface area is 402 Å². The molecule has 65 heavy (non-hydrogen) atoms. The van der Waals surface area contributed by atoms with Gasteiger partial charge in [0.05, 0.1) is 20.4 Å². The van der Waals surface area contributed by atoms with E-state index < -0.39 is 0 Å². The number of carbonyl (C=O) groups excluding carboxylic acids is 2. The number of hydrogen-bond donors (Lipinski definition) is 4. The van der Waals surface area contributed by atoms with E-state index >= 15 is 0 Å². The van der Waals surface area contributed by atoms with Gasteiger partial charge in [0.2, 0.25) is 11.8 Å². The van der Waals surface area contributed by atoms with E-state index in [0.29, 0.717) is 43.6 Å². The molecule has 2 amide bonds. The Balaban J connectivity index is 0.000000208. The van der Waals surface area contributed by atoms with Gasteiger partial charge in [-0.1, -0.05) is 38.1 Å². The third kappa shape index (κ3) is 12.7. The second kappa shape index (κ2) is 23.9. The van der Waals surface area contributed by atoms with Crippen molar-refractivity contribution in [2.75, 3.05) is 51.0 Å². The molecule has 11 nitrogen and oxygen atoms in total. The Kier molecular flexibility index (Phi) is 18.7. The average molecular weight is 959 g/mol. The lowest BCUT2D eigenvalue weighted by Crippen LogP contribution is -2.35. The molecule has 0 saturated carbocycles. The number of amides is 2. The highest BCUT2D eigenvalue weighted by Crippen LogP contribution is 2.47. The van der Waals surface area contributed by atoms with Gasteiger partial charge >= 0.3 is 0 Å². The number of hydrogen-bond acceptors (Lipinski definition) is 13. The molecule has 4 aromatic heterocycles. The topological polar surface area (TPSA) is 126 Å². The molecule has 8 rings (SSSR count). The Morgan fingerprint density at radius 3 is 1.58 bits per heavy atom. The summed E-state index contributed by atoms with van der Waals surface area (Å²) in [5.41, 5.74) is 7.09. The zero-order chi connectivity index (χ0) is 46.8. The minimum absolute atomic E-state index is 0.0671. The van der Waals surface area contributed by atoms with Crippen LogP contribution in [-0.2, 0) is 35.5 Å². The van der Waals surface area contributed by atoms with Crippen LogP contribution in [0.2, 0.25) is 0 Å². The van der Waals surface area contributed by atoms with Crippen molar-refractivity contribution in [2.45, 2.75) is 131 Å². The molecule has 15 heteroatoms. The SMILES string of the molecule is CCC(C)N(C)CCC(=O)Nc1sc2c(c1-c1nc3ccccc3s1)CCN(C(C)C)C2.CCC(C)NCCC(=O)Nc1sc2c(c1-c1nc3ccccc3s1)CCN(C(C)C)C2.CO. The van der Waals surface area contributed by atoms with Crippen molar-refractivity contribution >= 4 is 87.6 Å².